The number of anilines is 1. The Morgan fingerprint density at radius 3 is 2.64 bits per heavy atom. The first-order chi connectivity index (χ1) is 15.6. The summed E-state index contributed by atoms with van der Waals surface area (Å²) < 4.78 is 8.10. The van der Waals surface area contributed by atoms with Gasteiger partial charge in [-0.3, -0.25) is 14.4 Å². The second-order valence-corrected chi connectivity index (χ2v) is 9.74. The first kappa shape index (κ1) is 21.6. The maximum Gasteiger partial charge on any atom is 0.280 e. The molecule has 10 nitrogen and oxygen atoms in total. The lowest BCUT2D eigenvalue weighted by Gasteiger charge is -2.34. The summed E-state index contributed by atoms with van der Waals surface area (Å²) in [6, 6.07) is 4.89. The molecule has 1 fully saturated rings. The highest BCUT2D eigenvalue weighted by molar-refractivity contribution is 6.30. The molecule has 33 heavy (non-hydrogen) atoms. The molecular formula is C22H23ClN6O4. The third-order valence-electron chi connectivity index (χ3n) is 5.89. The van der Waals surface area contributed by atoms with E-state index < -0.39 is 5.91 Å². The number of aromatic nitrogens is 4. The summed E-state index contributed by atoms with van der Waals surface area (Å²) in [5.41, 5.74) is 0.966. The molecule has 0 aromatic carbocycles. The van der Waals surface area contributed by atoms with Crippen LogP contribution in [-0.4, -0.2) is 55.1 Å². The van der Waals surface area contributed by atoms with Crippen molar-refractivity contribution in [3.8, 4) is 0 Å². The highest BCUT2D eigenvalue weighted by Gasteiger charge is 2.41. The molecule has 1 N–H and O–H groups in total. The van der Waals surface area contributed by atoms with Crippen LogP contribution in [0.4, 0.5) is 5.82 Å². The second-order valence-electron chi connectivity index (χ2n) is 9.30. The van der Waals surface area contributed by atoms with Crippen molar-refractivity contribution in [2.45, 2.75) is 45.3 Å². The Labute approximate surface area is 194 Å². The van der Waals surface area contributed by atoms with E-state index in [9.17, 15) is 14.4 Å². The van der Waals surface area contributed by atoms with Gasteiger partial charge >= 0.3 is 0 Å². The quantitative estimate of drug-likeness (QED) is 0.622. The van der Waals surface area contributed by atoms with E-state index in [1.165, 1.54) is 10.7 Å². The fraction of sp³-hybridized carbons (Fsp3) is 0.409. The smallest absolute Gasteiger partial charge is 0.280 e. The standard InChI is InChI=1S/C22H23ClN6O4/c1-22(2,3)15-6-18-28(9-17(30)25-16-5-4-12(23)7-24-16)19-14(20(31)29(18)26-15)8-27(21(19)32)13-10-33-11-13/h4-7,13H,8-11H2,1-3H3,(H,24,25,30). The summed E-state index contributed by atoms with van der Waals surface area (Å²) in [5.74, 6) is -0.343. The summed E-state index contributed by atoms with van der Waals surface area (Å²) in [6.45, 7) is 6.80. The van der Waals surface area contributed by atoms with Crippen LogP contribution < -0.4 is 10.9 Å². The molecule has 3 aromatic heterocycles. The maximum atomic E-state index is 13.4. The number of amides is 2. The van der Waals surface area contributed by atoms with E-state index in [1.807, 2.05) is 20.8 Å². The minimum atomic E-state index is -0.394. The third kappa shape index (κ3) is 3.68. The van der Waals surface area contributed by atoms with Gasteiger partial charge in [-0.1, -0.05) is 32.4 Å². The number of hydrogen-bond acceptors (Lipinski definition) is 6. The summed E-state index contributed by atoms with van der Waals surface area (Å²) in [7, 11) is 0. The Morgan fingerprint density at radius 2 is 2.03 bits per heavy atom. The zero-order chi connectivity index (χ0) is 23.5. The highest BCUT2D eigenvalue weighted by atomic mass is 35.5. The molecule has 0 bridgehead atoms. The number of hydrogen-bond donors (Lipinski definition) is 1. The molecule has 0 spiro atoms. The number of carbonyl (C=O) groups excluding carboxylic acids is 2. The van der Waals surface area contributed by atoms with Crippen LogP contribution in [0.1, 0.15) is 42.5 Å². The number of fused-ring (bicyclic) bond motifs is 2. The molecule has 2 amide bonds. The Kier molecular flexibility index (Phi) is 5.02. The van der Waals surface area contributed by atoms with Crippen LogP contribution in [0, 0.1) is 0 Å². The lowest BCUT2D eigenvalue weighted by molar-refractivity contribution is -0.116. The van der Waals surface area contributed by atoms with Gasteiger partial charge in [0.2, 0.25) is 5.91 Å². The van der Waals surface area contributed by atoms with Gasteiger partial charge in [0.15, 0.2) is 0 Å². The monoisotopic (exact) mass is 470 g/mol. The largest absolute Gasteiger partial charge is 0.377 e. The molecule has 2 aliphatic rings. The van der Waals surface area contributed by atoms with Crippen LogP contribution in [0.5, 0.6) is 0 Å². The van der Waals surface area contributed by atoms with Gasteiger partial charge in [0, 0.05) is 17.7 Å². The van der Waals surface area contributed by atoms with Gasteiger partial charge in [0.1, 0.15) is 23.7 Å². The van der Waals surface area contributed by atoms with Crippen LogP contribution in [0.3, 0.4) is 0 Å². The summed E-state index contributed by atoms with van der Waals surface area (Å²) in [6.07, 6.45) is 1.43. The van der Waals surface area contributed by atoms with Crippen molar-refractivity contribution in [2.75, 3.05) is 18.5 Å². The Bertz CT molecular complexity index is 1330. The SMILES string of the molecule is CC(C)(C)c1cc2n(CC(=O)Nc3ccc(Cl)cn3)c3c(c(=O)n2n1)CN(C1COC1)C3=O. The molecule has 5 rings (SSSR count). The van der Waals surface area contributed by atoms with E-state index in [-0.39, 0.29) is 41.7 Å². The van der Waals surface area contributed by atoms with E-state index in [2.05, 4.69) is 15.4 Å². The molecule has 1 saturated heterocycles. The van der Waals surface area contributed by atoms with E-state index >= 15 is 0 Å². The minimum absolute atomic E-state index is 0.0812. The summed E-state index contributed by atoms with van der Waals surface area (Å²) in [4.78, 5) is 45.3. The average Bonchev–Trinajstić information content (AvgIpc) is 3.29. The predicted octanol–water partition coefficient (Wildman–Crippen LogP) is 1.84. The van der Waals surface area contributed by atoms with E-state index in [4.69, 9.17) is 16.3 Å². The van der Waals surface area contributed by atoms with Crippen molar-refractivity contribution in [2.24, 2.45) is 0 Å². The molecule has 172 valence electrons. The van der Waals surface area contributed by atoms with Crippen LogP contribution in [0.2, 0.25) is 5.02 Å². The van der Waals surface area contributed by atoms with E-state index in [1.54, 1.807) is 27.7 Å². The molecule has 0 saturated carbocycles. The molecule has 0 aliphatic carbocycles. The normalized spacial score (nSPS) is 16.2. The van der Waals surface area contributed by atoms with Crippen LogP contribution in [0.15, 0.2) is 29.2 Å². The predicted molar refractivity (Wildman–Crippen MR) is 121 cm³/mol. The first-order valence-corrected chi connectivity index (χ1v) is 11.0. The first-order valence-electron chi connectivity index (χ1n) is 10.6. The number of halogens is 1. The van der Waals surface area contributed by atoms with Crippen LogP contribution in [-0.2, 0) is 28.0 Å². The van der Waals surface area contributed by atoms with Crippen molar-refractivity contribution in [3.05, 3.63) is 56.7 Å². The Hall–Kier alpha value is -3.24. The van der Waals surface area contributed by atoms with Crippen molar-refractivity contribution in [1.29, 1.82) is 0 Å². The molecular weight excluding hydrogens is 448 g/mol. The Balaban J connectivity index is 1.60. The number of ether oxygens (including phenoxy) is 1. The molecule has 5 heterocycles. The van der Waals surface area contributed by atoms with Gasteiger partial charge < -0.3 is 19.5 Å². The second kappa shape index (κ2) is 7.67. The van der Waals surface area contributed by atoms with Gasteiger partial charge in [0.05, 0.1) is 42.1 Å². The van der Waals surface area contributed by atoms with Crippen LogP contribution >= 0.6 is 11.6 Å². The fourth-order valence-electron chi connectivity index (χ4n) is 3.99. The van der Waals surface area contributed by atoms with Crippen molar-refractivity contribution >= 4 is 34.9 Å². The maximum absolute atomic E-state index is 13.4. The van der Waals surface area contributed by atoms with Crippen molar-refractivity contribution in [3.63, 3.8) is 0 Å². The zero-order valence-electron chi connectivity index (χ0n) is 18.5. The molecule has 0 atom stereocenters. The van der Waals surface area contributed by atoms with Crippen molar-refractivity contribution < 1.29 is 14.3 Å². The topological polar surface area (TPSA) is 111 Å². The fourth-order valence-corrected chi connectivity index (χ4v) is 4.10. The third-order valence-corrected chi connectivity index (χ3v) is 6.12. The van der Waals surface area contributed by atoms with Crippen LogP contribution in [0.25, 0.3) is 5.65 Å². The Morgan fingerprint density at radius 1 is 1.27 bits per heavy atom. The number of carbonyl (C=O) groups is 2. The molecule has 2 aliphatic heterocycles. The summed E-state index contributed by atoms with van der Waals surface area (Å²) >= 11 is 5.86. The zero-order valence-corrected chi connectivity index (χ0v) is 19.2. The van der Waals surface area contributed by atoms with Gasteiger partial charge in [0.25, 0.3) is 11.5 Å². The lowest BCUT2D eigenvalue weighted by Crippen LogP contribution is -2.49. The van der Waals surface area contributed by atoms with Gasteiger partial charge in [-0.05, 0) is 12.1 Å². The van der Waals surface area contributed by atoms with Gasteiger partial charge in [-0.2, -0.15) is 9.61 Å². The lowest BCUT2D eigenvalue weighted by atomic mass is 9.93. The average molecular weight is 471 g/mol. The number of nitrogens with one attached hydrogen (secondary N) is 1. The van der Waals surface area contributed by atoms with E-state index in [0.717, 1.165) is 0 Å². The number of pyridine rings is 1. The molecule has 11 heteroatoms. The number of nitrogens with zero attached hydrogens (tertiary/aromatic N) is 5. The minimum Gasteiger partial charge on any atom is -0.377 e. The molecule has 0 radical (unpaired) electrons. The van der Waals surface area contributed by atoms with Gasteiger partial charge in [-0.25, -0.2) is 4.98 Å². The number of rotatable bonds is 4. The van der Waals surface area contributed by atoms with Crippen molar-refractivity contribution in [1.82, 2.24) is 24.1 Å². The van der Waals surface area contributed by atoms with Gasteiger partial charge in [-0.15, -0.1) is 0 Å². The highest BCUT2D eigenvalue weighted by Crippen LogP contribution is 2.28. The summed E-state index contributed by atoms with van der Waals surface area (Å²) in [5, 5.41) is 7.69. The molecule has 3 aromatic rings. The molecule has 0 unspecified atom stereocenters. The van der Waals surface area contributed by atoms with E-state index in [0.29, 0.717) is 41.0 Å².